The average molecular weight is 462 g/mol. The van der Waals surface area contributed by atoms with Gasteiger partial charge in [0.2, 0.25) is 23.6 Å². The molecule has 4 atom stereocenters. The maximum absolute atomic E-state index is 12.6. The number of carboxylic acid groups (broad SMARTS) is 1. The normalized spacial score (nSPS) is 15.0. The molecule has 0 aromatic rings. The van der Waals surface area contributed by atoms with E-state index in [9.17, 15) is 29.1 Å². The van der Waals surface area contributed by atoms with Gasteiger partial charge in [0.05, 0.1) is 6.04 Å². The summed E-state index contributed by atoms with van der Waals surface area (Å²) in [6.07, 6.45) is 0.0320. The van der Waals surface area contributed by atoms with Crippen LogP contribution in [-0.2, 0) is 24.0 Å². The van der Waals surface area contributed by atoms with Crippen LogP contribution in [0.25, 0.3) is 0 Å². The Bertz CT molecular complexity index is 658. The quantitative estimate of drug-likeness (QED) is 0.157. The van der Waals surface area contributed by atoms with Crippen molar-refractivity contribution < 1.29 is 29.1 Å². The zero-order valence-corrected chi connectivity index (χ0v) is 19.3. The third-order valence-corrected chi connectivity index (χ3v) is 4.78. The first-order valence-corrected chi connectivity index (χ1v) is 10.7. The molecule has 12 heteroatoms. The van der Waals surface area contributed by atoms with Crippen LogP contribution in [0, 0.1) is 11.8 Å². The molecular formula is C19H35N5O6S. The number of primary amides is 1. The van der Waals surface area contributed by atoms with Crippen molar-refractivity contribution in [2.75, 3.05) is 5.75 Å². The number of nitrogens with two attached hydrogens (primary N) is 2. The molecule has 0 aromatic heterocycles. The molecule has 0 saturated heterocycles. The molecule has 0 saturated carbocycles. The van der Waals surface area contributed by atoms with Crippen LogP contribution in [-0.4, -0.2) is 64.6 Å². The lowest BCUT2D eigenvalue weighted by atomic mass is 10.0. The van der Waals surface area contributed by atoms with Crippen molar-refractivity contribution in [3.63, 3.8) is 0 Å². The maximum Gasteiger partial charge on any atom is 0.326 e. The molecule has 0 spiro atoms. The van der Waals surface area contributed by atoms with E-state index >= 15 is 0 Å². The molecule has 8 N–H and O–H groups in total. The smallest absolute Gasteiger partial charge is 0.326 e. The molecule has 4 amide bonds. The van der Waals surface area contributed by atoms with Crippen LogP contribution in [0.3, 0.4) is 0 Å². The number of carbonyl (C=O) groups excluding carboxylic acids is 4. The fourth-order valence-corrected chi connectivity index (χ4v) is 2.94. The Kier molecular flexibility index (Phi) is 12.8. The second kappa shape index (κ2) is 13.9. The molecule has 0 aliphatic carbocycles. The predicted molar refractivity (Wildman–Crippen MR) is 118 cm³/mol. The van der Waals surface area contributed by atoms with Crippen molar-refractivity contribution in [3.8, 4) is 0 Å². The highest BCUT2D eigenvalue weighted by Gasteiger charge is 2.31. The zero-order chi connectivity index (χ0) is 24.3. The lowest BCUT2D eigenvalue weighted by molar-refractivity contribution is -0.143. The van der Waals surface area contributed by atoms with Crippen molar-refractivity contribution >= 4 is 42.2 Å². The number of aliphatic carboxylic acids is 1. The minimum atomic E-state index is -1.34. The standard InChI is InChI=1S/C19H35N5O6S/c1-9(2)7-11(20)16(26)23-13(8-31)17(27)24-15(10(3)4)18(28)22-12(19(29)30)5-6-14(21)25/h9-13,15,31H,5-8,20H2,1-4H3,(H2,21,25)(H,22,28)(H,23,26)(H,24,27)(H,29,30). The molecule has 31 heavy (non-hydrogen) atoms. The topological polar surface area (TPSA) is 194 Å². The minimum absolute atomic E-state index is 0.0330. The van der Waals surface area contributed by atoms with E-state index < -0.39 is 59.7 Å². The van der Waals surface area contributed by atoms with Crippen LogP contribution in [0.5, 0.6) is 0 Å². The van der Waals surface area contributed by atoms with E-state index in [-0.39, 0.29) is 24.5 Å². The average Bonchev–Trinajstić information content (AvgIpc) is 2.65. The molecule has 0 aliphatic rings. The monoisotopic (exact) mass is 461 g/mol. The second-order valence-electron chi connectivity index (χ2n) is 8.11. The molecular weight excluding hydrogens is 426 g/mol. The number of thiol groups is 1. The molecule has 0 heterocycles. The fourth-order valence-electron chi connectivity index (χ4n) is 2.68. The van der Waals surface area contributed by atoms with Crippen LogP contribution in [0.15, 0.2) is 0 Å². The van der Waals surface area contributed by atoms with E-state index in [0.29, 0.717) is 6.42 Å². The van der Waals surface area contributed by atoms with E-state index in [4.69, 9.17) is 11.5 Å². The Morgan fingerprint density at radius 1 is 0.903 bits per heavy atom. The van der Waals surface area contributed by atoms with Gasteiger partial charge in [0.25, 0.3) is 0 Å². The molecule has 178 valence electrons. The predicted octanol–water partition coefficient (Wildman–Crippen LogP) is -1.25. The summed E-state index contributed by atoms with van der Waals surface area (Å²) in [5.74, 6) is -4.16. The summed E-state index contributed by atoms with van der Waals surface area (Å²) >= 11 is 4.08. The van der Waals surface area contributed by atoms with Crippen LogP contribution < -0.4 is 27.4 Å². The van der Waals surface area contributed by atoms with Gasteiger partial charge >= 0.3 is 5.97 Å². The number of hydrogen-bond acceptors (Lipinski definition) is 7. The third kappa shape index (κ3) is 11.0. The van der Waals surface area contributed by atoms with Crippen molar-refractivity contribution in [3.05, 3.63) is 0 Å². The van der Waals surface area contributed by atoms with Crippen LogP contribution in [0.1, 0.15) is 47.0 Å². The Labute approximate surface area is 187 Å². The van der Waals surface area contributed by atoms with Gasteiger partial charge in [-0.1, -0.05) is 27.7 Å². The van der Waals surface area contributed by atoms with E-state index in [2.05, 4.69) is 28.6 Å². The minimum Gasteiger partial charge on any atom is -0.480 e. The third-order valence-electron chi connectivity index (χ3n) is 4.42. The van der Waals surface area contributed by atoms with E-state index in [1.807, 2.05) is 13.8 Å². The van der Waals surface area contributed by atoms with Crippen LogP contribution in [0.4, 0.5) is 0 Å². The van der Waals surface area contributed by atoms with Gasteiger partial charge in [0, 0.05) is 12.2 Å². The summed E-state index contributed by atoms with van der Waals surface area (Å²) in [6, 6.07) is -4.24. The van der Waals surface area contributed by atoms with Gasteiger partial charge in [-0.2, -0.15) is 12.6 Å². The first-order chi connectivity index (χ1) is 14.3. The van der Waals surface area contributed by atoms with Crippen molar-refractivity contribution in [1.82, 2.24) is 16.0 Å². The number of amides is 4. The summed E-state index contributed by atoms with van der Waals surface area (Å²) in [4.78, 5) is 59.7. The molecule has 0 radical (unpaired) electrons. The molecule has 0 aliphatic heterocycles. The van der Waals surface area contributed by atoms with Crippen LogP contribution >= 0.6 is 12.6 Å². The number of carbonyl (C=O) groups is 5. The van der Waals surface area contributed by atoms with E-state index in [1.165, 1.54) is 0 Å². The highest BCUT2D eigenvalue weighted by atomic mass is 32.1. The van der Waals surface area contributed by atoms with Gasteiger partial charge in [-0.15, -0.1) is 0 Å². The molecule has 11 nitrogen and oxygen atoms in total. The molecule has 0 bridgehead atoms. The lowest BCUT2D eigenvalue weighted by Gasteiger charge is -2.26. The van der Waals surface area contributed by atoms with Gasteiger partial charge in [-0.25, -0.2) is 4.79 Å². The Hall–Kier alpha value is -2.34. The molecule has 4 unspecified atom stereocenters. The molecule has 0 aromatic carbocycles. The molecule has 0 fully saturated rings. The number of carboxylic acids is 1. The summed E-state index contributed by atoms with van der Waals surface area (Å²) in [6.45, 7) is 7.15. The summed E-state index contributed by atoms with van der Waals surface area (Å²) in [5.41, 5.74) is 10.9. The number of rotatable bonds is 14. The zero-order valence-electron chi connectivity index (χ0n) is 18.4. The summed E-state index contributed by atoms with van der Waals surface area (Å²) < 4.78 is 0. The SMILES string of the molecule is CC(C)CC(N)C(=O)NC(CS)C(=O)NC(C(=O)NC(CCC(N)=O)C(=O)O)C(C)C. The Balaban J connectivity index is 5.17. The largest absolute Gasteiger partial charge is 0.480 e. The number of nitrogens with one attached hydrogen (secondary N) is 3. The summed E-state index contributed by atoms with van der Waals surface area (Å²) in [7, 11) is 0. The van der Waals surface area contributed by atoms with Crippen molar-refractivity contribution in [1.29, 1.82) is 0 Å². The van der Waals surface area contributed by atoms with Gasteiger partial charge in [-0.05, 0) is 24.7 Å². The highest BCUT2D eigenvalue weighted by Crippen LogP contribution is 2.07. The maximum atomic E-state index is 12.6. The Morgan fingerprint density at radius 2 is 1.45 bits per heavy atom. The lowest BCUT2D eigenvalue weighted by Crippen LogP contribution is -2.59. The van der Waals surface area contributed by atoms with Crippen molar-refractivity contribution in [2.45, 2.75) is 71.1 Å². The highest BCUT2D eigenvalue weighted by molar-refractivity contribution is 7.80. The van der Waals surface area contributed by atoms with Gasteiger partial charge in [0.15, 0.2) is 0 Å². The van der Waals surface area contributed by atoms with Crippen molar-refractivity contribution in [2.24, 2.45) is 23.3 Å². The van der Waals surface area contributed by atoms with E-state index in [1.54, 1.807) is 13.8 Å². The second-order valence-corrected chi connectivity index (χ2v) is 8.48. The fraction of sp³-hybridized carbons (Fsp3) is 0.737. The first-order valence-electron chi connectivity index (χ1n) is 10.1. The number of hydrogen-bond donors (Lipinski definition) is 7. The van der Waals surface area contributed by atoms with Gasteiger partial charge in [0.1, 0.15) is 18.1 Å². The van der Waals surface area contributed by atoms with Gasteiger partial charge in [-0.3, -0.25) is 19.2 Å². The van der Waals surface area contributed by atoms with Crippen LogP contribution in [0.2, 0.25) is 0 Å². The molecule has 0 rings (SSSR count). The summed E-state index contributed by atoms with van der Waals surface area (Å²) in [5, 5.41) is 16.6. The first kappa shape index (κ1) is 28.7. The van der Waals surface area contributed by atoms with Gasteiger partial charge < -0.3 is 32.5 Å². The van der Waals surface area contributed by atoms with E-state index in [0.717, 1.165) is 0 Å². The Morgan fingerprint density at radius 3 is 1.87 bits per heavy atom.